The Morgan fingerprint density at radius 3 is 2.33 bits per heavy atom. The van der Waals surface area contributed by atoms with Gasteiger partial charge in [-0.2, -0.15) is 0 Å². The zero-order valence-electron chi connectivity index (χ0n) is 8.31. The summed E-state index contributed by atoms with van der Waals surface area (Å²) in [7, 11) is 0. The molecule has 0 aromatic heterocycles. The van der Waals surface area contributed by atoms with Crippen molar-refractivity contribution in [3.05, 3.63) is 0 Å². The number of rotatable bonds is 3. The van der Waals surface area contributed by atoms with Gasteiger partial charge in [-0.05, 0) is 57.2 Å². The first-order chi connectivity index (χ1) is 5.79. The van der Waals surface area contributed by atoms with Crippen LogP contribution >= 0.6 is 0 Å². The summed E-state index contributed by atoms with van der Waals surface area (Å²) in [5, 5.41) is 0. The first kappa shape index (κ1) is 8.55. The summed E-state index contributed by atoms with van der Waals surface area (Å²) >= 11 is 0. The molecule has 70 valence electrons. The molecular formula is C11H21N. The fraction of sp³-hybridized carbons (Fsp3) is 1.00. The van der Waals surface area contributed by atoms with E-state index in [1.165, 1.54) is 58.2 Å². The van der Waals surface area contributed by atoms with Crippen LogP contribution in [0.5, 0.6) is 0 Å². The average Bonchev–Trinajstić information content (AvgIpc) is 2.84. The summed E-state index contributed by atoms with van der Waals surface area (Å²) in [6.45, 7) is 6.56. The number of hydrogen-bond donors (Lipinski definition) is 0. The van der Waals surface area contributed by atoms with E-state index in [9.17, 15) is 0 Å². The molecule has 1 saturated carbocycles. The van der Waals surface area contributed by atoms with Crippen LogP contribution in [0, 0.1) is 5.41 Å². The molecule has 0 bridgehead atoms. The third-order valence-electron chi connectivity index (χ3n) is 3.58. The van der Waals surface area contributed by atoms with Crippen molar-refractivity contribution in [3.63, 3.8) is 0 Å². The minimum Gasteiger partial charge on any atom is -0.303 e. The molecule has 1 saturated heterocycles. The van der Waals surface area contributed by atoms with Crippen molar-refractivity contribution in [2.24, 2.45) is 5.41 Å². The minimum atomic E-state index is 0.761. The fourth-order valence-electron chi connectivity index (χ4n) is 2.07. The van der Waals surface area contributed by atoms with Gasteiger partial charge in [0.2, 0.25) is 0 Å². The zero-order valence-corrected chi connectivity index (χ0v) is 8.31. The Bertz CT molecular complexity index is 143. The van der Waals surface area contributed by atoms with Crippen molar-refractivity contribution in [1.82, 2.24) is 4.90 Å². The van der Waals surface area contributed by atoms with Gasteiger partial charge in [-0.3, -0.25) is 0 Å². The van der Waals surface area contributed by atoms with Crippen LogP contribution in [-0.4, -0.2) is 24.5 Å². The quantitative estimate of drug-likeness (QED) is 0.624. The van der Waals surface area contributed by atoms with Gasteiger partial charge in [-0.25, -0.2) is 0 Å². The number of nitrogens with zero attached hydrogens (tertiary/aromatic N) is 1. The highest BCUT2D eigenvalue weighted by atomic mass is 15.1. The van der Waals surface area contributed by atoms with E-state index in [-0.39, 0.29) is 0 Å². The molecule has 0 amide bonds. The molecule has 1 heteroatoms. The molecule has 0 radical (unpaired) electrons. The van der Waals surface area contributed by atoms with Gasteiger partial charge in [0, 0.05) is 0 Å². The Morgan fingerprint density at radius 1 is 1.08 bits per heavy atom. The summed E-state index contributed by atoms with van der Waals surface area (Å²) in [4.78, 5) is 2.66. The summed E-state index contributed by atoms with van der Waals surface area (Å²) in [5.41, 5.74) is 0.761. The number of hydrogen-bond acceptors (Lipinski definition) is 1. The molecule has 0 spiro atoms. The van der Waals surface area contributed by atoms with Crippen molar-refractivity contribution in [2.75, 3.05) is 19.6 Å². The van der Waals surface area contributed by atoms with Crippen molar-refractivity contribution in [2.45, 2.75) is 45.4 Å². The normalized spacial score (nSPS) is 28.8. The summed E-state index contributed by atoms with van der Waals surface area (Å²) in [5.74, 6) is 0. The third-order valence-corrected chi connectivity index (χ3v) is 3.58. The van der Waals surface area contributed by atoms with E-state index >= 15 is 0 Å². The van der Waals surface area contributed by atoms with E-state index in [0.717, 1.165) is 5.41 Å². The van der Waals surface area contributed by atoms with Crippen LogP contribution in [-0.2, 0) is 0 Å². The fourth-order valence-corrected chi connectivity index (χ4v) is 2.07. The van der Waals surface area contributed by atoms with Crippen LogP contribution < -0.4 is 0 Å². The second-order valence-electron chi connectivity index (χ2n) is 4.96. The maximum Gasteiger partial charge on any atom is -0.00135 e. The summed E-state index contributed by atoms with van der Waals surface area (Å²) in [6.07, 6.45) is 8.77. The molecule has 2 fully saturated rings. The minimum absolute atomic E-state index is 0.761. The topological polar surface area (TPSA) is 3.24 Å². The first-order valence-electron chi connectivity index (χ1n) is 5.51. The SMILES string of the molecule is CC1(CCN2CCCCC2)CC1. The Hall–Kier alpha value is -0.0400. The van der Waals surface area contributed by atoms with Crippen molar-refractivity contribution in [3.8, 4) is 0 Å². The molecule has 0 aromatic rings. The first-order valence-corrected chi connectivity index (χ1v) is 5.51. The van der Waals surface area contributed by atoms with E-state index < -0.39 is 0 Å². The van der Waals surface area contributed by atoms with Crippen LogP contribution in [0.2, 0.25) is 0 Å². The van der Waals surface area contributed by atoms with Crippen molar-refractivity contribution >= 4 is 0 Å². The molecule has 0 N–H and O–H groups in total. The van der Waals surface area contributed by atoms with Crippen LogP contribution in [0.1, 0.15) is 45.4 Å². The molecule has 12 heavy (non-hydrogen) atoms. The van der Waals surface area contributed by atoms with Gasteiger partial charge < -0.3 is 4.90 Å². The predicted molar refractivity (Wildman–Crippen MR) is 52.2 cm³/mol. The molecule has 2 rings (SSSR count). The zero-order chi connectivity index (χ0) is 8.44. The number of likely N-dealkylation sites (tertiary alicyclic amines) is 1. The standard InChI is InChI=1S/C11H21N/c1-11(5-6-11)7-10-12-8-3-2-4-9-12/h2-10H2,1H3. The molecule has 1 aliphatic carbocycles. The van der Waals surface area contributed by atoms with Crippen LogP contribution in [0.3, 0.4) is 0 Å². The highest BCUT2D eigenvalue weighted by Gasteiger charge is 2.36. The molecular weight excluding hydrogens is 146 g/mol. The maximum absolute atomic E-state index is 2.66. The second kappa shape index (κ2) is 3.37. The van der Waals surface area contributed by atoms with E-state index in [4.69, 9.17) is 0 Å². The molecule has 0 atom stereocenters. The van der Waals surface area contributed by atoms with Gasteiger partial charge >= 0.3 is 0 Å². The van der Waals surface area contributed by atoms with Crippen LogP contribution in [0.15, 0.2) is 0 Å². The molecule has 0 unspecified atom stereocenters. The lowest BCUT2D eigenvalue weighted by atomic mass is 10.0. The highest BCUT2D eigenvalue weighted by molar-refractivity contribution is 4.89. The van der Waals surface area contributed by atoms with Crippen LogP contribution in [0.4, 0.5) is 0 Å². The van der Waals surface area contributed by atoms with Crippen LogP contribution in [0.25, 0.3) is 0 Å². The van der Waals surface area contributed by atoms with Crippen molar-refractivity contribution < 1.29 is 0 Å². The maximum atomic E-state index is 2.66. The predicted octanol–water partition coefficient (Wildman–Crippen LogP) is 2.66. The van der Waals surface area contributed by atoms with E-state index in [1.807, 2.05) is 0 Å². The van der Waals surface area contributed by atoms with E-state index in [1.54, 1.807) is 0 Å². The van der Waals surface area contributed by atoms with E-state index in [2.05, 4.69) is 11.8 Å². The lowest BCUT2D eigenvalue weighted by Crippen LogP contribution is -2.31. The molecule has 2 aliphatic rings. The van der Waals surface area contributed by atoms with Gasteiger partial charge in [-0.15, -0.1) is 0 Å². The largest absolute Gasteiger partial charge is 0.303 e. The van der Waals surface area contributed by atoms with Gasteiger partial charge in [-0.1, -0.05) is 13.3 Å². The molecule has 1 aliphatic heterocycles. The monoisotopic (exact) mass is 167 g/mol. The van der Waals surface area contributed by atoms with Gasteiger partial charge in [0.1, 0.15) is 0 Å². The van der Waals surface area contributed by atoms with Gasteiger partial charge in [0.15, 0.2) is 0 Å². The van der Waals surface area contributed by atoms with E-state index in [0.29, 0.717) is 0 Å². The van der Waals surface area contributed by atoms with Gasteiger partial charge in [0.25, 0.3) is 0 Å². The lowest BCUT2D eigenvalue weighted by Gasteiger charge is -2.27. The Labute approximate surface area is 76.1 Å². The Balaban J connectivity index is 1.65. The summed E-state index contributed by atoms with van der Waals surface area (Å²) in [6, 6.07) is 0. The Kier molecular flexibility index (Phi) is 2.40. The Morgan fingerprint density at radius 2 is 1.75 bits per heavy atom. The number of piperidine rings is 1. The third kappa shape index (κ3) is 2.22. The van der Waals surface area contributed by atoms with Crippen molar-refractivity contribution in [1.29, 1.82) is 0 Å². The average molecular weight is 167 g/mol. The summed E-state index contributed by atoms with van der Waals surface area (Å²) < 4.78 is 0. The second-order valence-corrected chi connectivity index (χ2v) is 4.96. The van der Waals surface area contributed by atoms with Gasteiger partial charge in [0.05, 0.1) is 0 Å². The molecule has 1 nitrogen and oxygen atoms in total. The lowest BCUT2D eigenvalue weighted by molar-refractivity contribution is 0.212. The smallest absolute Gasteiger partial charge is 0.00135 e. The molecule has 0 aromatic carbocycles. The molecule has 1 heterocycles. The highest BCUT2D eigenvalue weighted by Crippen LogP contribution is 2.48.